The van der Waals surface area contributed by atoms with Gasteiger partial charge in [0, 0.05) is 12.6 Å². The third-order valence-corrected chi connectivity index (χ3v) is 5.50. The van der Waals surface area contributed by atoms with Crippen LogP contribution in [0.1, 0.15) is 28.2 Å². The summed E-state index contributed by atoms with van der Waals surface area (Å²) >= 11 is 0. The maximum absolute atomic E-state index is 13.3. The van der Waals surface area contributed by atoms with Crippen LogP contribution in [0.3, 0.4) is 0 Å². The van der Waals surface area contributed by atoms with E-state index >= 15 is 0 Å². The van der Waals surface area contributed by atoms with Crippen LogP contribution in [0.5, 0.6) is 11.5 Å². The van der Waals surface area contributed by atoms with Gasteiger partial charge in [0.25, 0.3) is 12.4 Å². The van der Waals surface area contributed by atoms with Crippen molar-refractivity contribution in [1.29, 1.82) is 0 Å². The first-order chi connectivity index (χ1) is 17.8. The molecule has 5 rings (SSSR count). The van der Waals surface area contributed by atoms with Crippen LogP contribution in [0, 0.1) is 0 Å². The predicted molar refractivity (Wildman–Crippen MR) is 124 cm³/mol. The van der Waals surface area contributed by atoms with Gasteiger partial charge < -0.3 is 19.9 Å². The number of nitrogens with one attached hydrogen (secondary N) is 1. The average Bonchev–Trinajstić information content (AvgIpc) is 2.88. The van der Waals surface area contributed by atoms with E-state index in [-0.39, 0.29) is 24.5 Å². The summed E-state index contributed by atoms with van der Waals surface area (Å²) in [5.74, 6) is -0.409. The van der Waals surface area contributed by atoms with Crippen LogP contribution in [-0.4, -0.2) is 45.4 Å². The van der Waals surface area contributed by atoms with Crippen LogP contribution in [0.2, 0.25) is 0 Å². The molecule has 0 spiro atoms. The van der Waals surface area contributed by atoms with Crippen molar-refractivity contribution >= 4 is 23.4 Å². The molecule has 1 unspecified atom stereocenters. The van der Waals surface area contributed by atoms with Gasteiger partial charge in [-0.15, -0.1) is 13.2 Å². The van der Waals surface area contributed by atoms with E-state index in [9.17, 15) is 18.0 Å². The Balaban J connectivity index is 0.00000102. The molecule has 0 bridgehead atoms. The molecule has 3 heterocycles. The molecular formula is C25H19F3N4O5. The highest BCUT2D eigenvalue weighted by Gasteiger charge is 2.43. The van der Waals surface area contributed by atoms with Crippen LogP contribution in [-0.2, 0) is 10.3 Å². The molecule has 1 atom stereocenters. The average molecular weight is 512 g/mol. The van der Waals surface area contributed by atoms with Gasteiger partial charge in [-0.1, -0.05) is 24.3 Å². The number of benzene rings is 2. The fourth-order valence-corrected chi connectivity index (χ4v) is 4.00. The molecular weight excluding hydrogens is 493 g/mol. The molecule has 190 valence electrons. The number of nitrogens with zero attached hydrogens (tertiary/aromatic N) is 3. The van der Waals surface area contributed by atoms with Gasteiger partial charge in [0.2, 0.25) is 0 Å². The number of pyridine rings is 1. The number of halogens is 3. The highest BCUT2D eigenvalue weighted by atomic mass is 19.4. The van der Waals surface area contributed by atoms with Crippen molar-refractivity contribution in [3.8, 4) is 11.5 Å². The molecule has 0 aliphatic carbocycles. The number of rotatable bonds is 4. The molecule has 4 aromatic rings. The zero-order valence-corrected chi connectivity index (χ0v) is 19.0. The first kappa shape index (κ1) is 25.4. The van der Waals surface area contributed by atoms with Gasteiger partial charge in [-0.05, 0) is 42.0 Å². The normalized spacial score (nSPS) is 16.4. The highest BCUT2D eigenvalue weighted by Crippen LogP contribution is 2.41. The number of amides is 1. The molecule has 2 N–H and O–H groups in total. The number of carboxylic acid groups (broad SMARTS) is 1. The zero-order chi connectivity index (χ0) is 26.5. The van der Waals surface area contributed by atoms with E-state index in [1.165, 1.54) is 30.5 Å². The van der Waals surface area contributed by atoms with E-state index in [4.69, 9.17) is 14.6 Å². The number of hydrogen-bond acceptors (Lipinski definition) is 7. The maximum atomic E-state index is 13.3. The lowest BCUT2D eigenvalue weighted by Gasteiger charge is -2.38. The monoisotopic (exact) mass is 512 g/mol. The Bertz CT molecular complexity index is 1420. The lowest BCUT2D eigenvalue weighted by molar-refractivity contribution is -0.274. The van der Waals surface area contributed by atoms with Crippen LogP contribution >= 0.6 is 0 Å². The molecule has 2 aromatic heterocycles. The Labute approximate surface area is 207 Å². The Morgan fingerprint density at radius 2 is 1.76 bits per heavy atom. The second-order valence-electron chi connectivity index (χ2n) is 7.73. The van der Waals surface area contributed by atoms with E-state index < -0.39 is 17.8 Å². The number of alkyl halides is 3. The van der Waals surface area contributed by atoms with Crippen molar-refractivity contribution in [2.45, 2.75) is 18.3 Å². The van der Waals surface area contributed by atoms with Gasteiger partial charge in [0.05, 0.1) is 23.8 Å². The molecule has 0 saturated heterocycles. The maximum Gasteiger partial charge on any atom is 0.573 e. The fraction of sp³-hybridized carbons (Fsp3) is 0.160. The summed E-state index contributed by atoms with van der Waals surface area (Å²) in [5.41, 5.74) is 1.09. The molecule has 2 aromatic carbocycles. The van der Waals surface area contributed by atoms with Crippen molar-refractivity contribution in [3.05, 3.63) is 90.0 Å². The van der Waals surface area contributed by atoms with Crippen molar-refractivity contribution in [3.63, 3.8) is 0 Å². The predicted octanol–water partition coefficient (Wildman–Crippen LogP) is 4.08. The van der Waals surface area contributed by atoms with Gasteiger partial charge in [0.1, 0.15) is 28.4 Å². The molecule has 0 fully saturated rings. The minimum Gasteiger partial charge on any atom is -0.491 e. The van der Waals surface area contributed by atoms with E-state index in [0.29, 0.717) is 34.5 Å². The van der Waals surface area contributed by atoms with Gasteiger partial charge in [0.15, 0.2) is 0 Å². The quantitative estimate of drug-likeness (QED) is 0.392. The summed E-state index contributed by atoms with van der Waals surface area (Å²) in [6.45, 7) is 0.00315. The Morgan fingerprint density at radius 1 is 1.05 bits per heavy atom. The van der Waals surface area contributed by atoms with Gasteiger partial charge in [-0.2, -0.15) is 0 Å². The lowest BCUT2D eigenvalue weighted by atomic mass is 9.81. The van der Waals surface area contributed by atoms with Gasteiger partial charge in [-0.25, -0.2) is 4.98 Å². The topological polar surface area (TPSA) is 124 Å². The highest BCUT2D eigenvalue weighted by molar-refractivity contribution is 5.94. The number of para-hydroxylation sites is 2. The number of aromatic nitrogens is 3. The van der Waals surface area contributed by atoms with Crippen LogP contribution in [0.25, 0.3) is 11.0 Å². The lowest BCUT2D eigenvalue weighted by Crippen LogP contribution is -2.50. The molecule has 1 amide bonds. The zero-order valence-electron chi connectivity index (χ0n) is 19.0. The Morgan fingerprint density at radius 3 is 2.46 bits per heavy atom. The SMILES string of the molecule is O=C(NC1(c2ccc(OC(F)(F)F)cc2)CCOc2cccnc21)c1cnc2ccccc2n1.O=CO. The van der Waals surface area contributed by atoms with E-state index in [1.807, 2.05) is 6.07 Å². The van der Waals surface area contributed by atoms with Crippen LogP contribution < -0.4 is 14.8 Å². The molecule has 9 nitrogen and oxygen atoms in total. The number of hydrogen-bond donors (Lipinski definition) is 2. The second-order valence-corrected chi connectivity index (χ2v) is 7.73. The number of carbonyl (C=O) groups excluding carboxylic acids is 1. The Hall–Kier alpha value is -4.74. The number of carbonyl (C=O) groups is 2. The van der Waals surface area contributed by atoms with E-state index in [2.05, 4.69) is 25.0 Å². The summed E-state index contributed by atoms with van der Waals surface area (Å²) in [7, 11) is 0. The summed E-state index contributed by atoms with van der Waals surface area (Å²) in [4.78, 5) is 34.8. The smallest absolute Gasteiger partial charge is 0.491 e. The molecule has 0 saturated carbocycles. The molecule has 1 aliphatic heterocycles. The second kappa shape index (κ2) is 10.5. The van der Waals surface area contributed by atoms with Crippen LogP contribution in [0.4, 0.5) is 13.2 Å². The van der Waals surface area contributed by atoms with Crippen molar-refractivity contribution in [2.75, 3.05) is 6.61 Å². The van der Waals surface area contributed by atoms with E-state index in [0.717, 1.165) is 0 Å². The first-order valence-corrected chi connectivity index (χ1v) is 10.8. The minimum absolute atomic E-state index is 0.0964. The molecule has 12 heteroatoms. The van der Waals surface area contributed by atoms with Crippen molar-refractivity contribution in [2.24, 2.45) is 0 Å². The summed E-state index contributed by atoms with van der Waals surface area (Å²) in [6, 6.07) is 15.9. The first-order valence-electron chi connectivity index (χ1n) is 10.8. The third kappa shape index (κ3) is 5.58. The third-order valence-electron chi connectivity index (χ3n) is 5.50. The minimum atomic E-state index is -4.81. The van der Waals surface area contributed by atoms with Crippen molar-refractivity contribution in [1.82, 2.24) is 20.3 Å². The summed E-state index contributed by atoms with van der Waals surface area (Å²) in [5, 5.41) is 9.90. The summed E-state index contributed by atoms with van der Waals surface area (Å²) < 4.78 is 47.6. The standard InChI is InChI=1S/C24H17F3N4O3.CH2O2/c25-24(26,27)34-16-9-7-15(8-10-16)23(11-13-33-20-6-3-12-28-21(20)23)31-22(32)19-14-29-17-4-1-2-5-18(17)30-19;2-1-3/h1-10,12,14H,11,13H2,(H,31,32);1H,(H,2,3). The van der Waals surface area contributed by atoms with E-state index in [1.54, 1.807) is 36.5 Å². The molecule has 37 heavy (non-hydrogen) atoms. The van der Waals surface area contributed by atoms with Crippen LogP contribution in [0.15, 0.2) is 73.1 Å². The molecule has 0 radical (unpaired) electrons. The number of fused-ring (bicyclic) bond motifs is 2. The fourth-order valence-electron chi connectivity index (χ4n) is 4.00. The summed E-state index contributed by atoms with van der Waals surface area (Å²) in [6.07, 6.45) is -1.58. The Kier molecular flexibility index (Phi) is 7.18. The molecule has 1 aliphatic rings. The largest absolute Gasteiger partial charge is 0.573 e. The van der Waals surface area contributed by atoms with Gasteiger partial charge >= 0.3 is 6.36 Å². The van der Waals surface area contributed by atoms with Crippen molar-refractivity contribution < 1.29 is 37.3 Å². The number of ether oxygens (including phenoxy) is 2. The van der Waals surface area contributed by atoms with Gasteiger partial charge in [-0.3, -0.25) is 19.6 Å².